The summed E-state index contributed by atoms with van der Waals surface area (Å²) in [5.41, 5.74) is 7.21. The summed E-state index contributed by atoms with van der Waals surface area (Å²) >= 11 is 3.28. The van der Waals surface area contributed by atoms with Crippen LogP contribution in [0, 0.1) is 0 Å². The zero-order valence-corrected chi connectivity index (χ0v) is 10.3. The fourth-order valence-electron chi connectivity index (χ4n) is 2.29. The molecule has 1 aromatic rings. The third-order valence-electron chi connectivity index (χ3n) is 3.27. The van der Waals surface area contributed by atoms with Crippen LogP contribution in [0.15, 0.2) is 22.7 Å². The van der Waals surface area contributed by atoms with Gasteiger partial charge in [-0.1, -0.05) is 25.3 Å². The number of benzene rings is 1. The van der Waals surface area contributed by atoms with Gasteiger partial charge in [-0.25, -0.2) is 0 Å². The first kappa shape index (κ1) is 11.0. The van der Waals surface area contributed by atoms with Gasteiger partial charge in [-0.15, -0.1) is 0 Å². The maximum atomic E-state index is 9.64. The Hall–Kier alpha value is -0.540. The second-order valence-corrected chi connectivity index (χ2v) is 5.24. The van der Waals surface area contributed by atoms with Crippen molar-refractivity contribution >= 4 is 15.9 Å². The molecule has 1 aliphatic carbocycles. The Morgan fingerprint density at radius 3 is 2.47 bits per heavy atom. The quantitative estimate of drug-likeness (QED) is 0.822. The molecule has 1 aliphatic rings. The molecule has 82 valence electrons. The molecule has 1 aromatic carbocycles. The number of halogens is 1. The number of nitrogens with two attached hydrogens (primary N) is 1. The molecular weight excluding hydrogens is 254 g/mol. The van der Waals surface area contributed by atoms with Crippen molar-refractivity contribution < 1.29 is 5.11 Å². The molecule has 2 rings (SSSR count). The third-order valence-corrected chi connectivity index (χ3v) is 3.94. The average molecular weight is 270 g/mol. The highest BCUT2D eigenvalue weighted by Crippen LogP contribution is 2.37. The number of phenolic OH excluding ortho intramolecular Hbond substituents is 1. The van der Waals surface area contributed by atoms with Gasteiger partial charge in [0.05, 0.1) is 4.47 Å². The second kappa shape index (κ2) is 4.14. The van der Waals surface area contributed by atoms with Crippen molar-refractivity contribution in [2.75, 3.05) is 0 Å². The van der Waals surface area contributed by atoms with Gasteiger partial charge >= 0.3 is 0 Å². The van der Waals surface area contributed by atoms with Crippen LogP contribution in [-0.4, -0.2) is 5.11 Å². The summed E-state index contributed by atoms with van der Waals surface area (Å²) in [6, 6.07) is 5.67. The molecule has 0 heterocycles. The largest absolute Gasteiger partial charge is 0.507 e. The third kappa shape index (κ3) is 2.18. The second-order valence-electron chi connectivity index (χ2n) is 4.38. The molecule has 0 spiro atoms. The maximum absolute atomic E-state index is 9.64. The van der Waals surface area contributed by atoms with Crippen molar-refractivity contribution in [1.82, 2.24) is 0 Å². The summed E-state index contributed by atoms with van der Waals surface area (Å²) in [4.78, 5) is 0. The van der Waals surface area contributed by atoms with E-state index in [-0.39, 0.29) is 11.3 Å². The summed E-state index contributed by atoms with van der Waals surface area (Å²) in [5, 5.41) is 9.64. The Labute approximate surface area is 98.6 Å². The molecule has 3 N–H and O–H groups in total. The van der Waals surface area contributed by atoms with Crippen LogP contribution in [-0.2, 0) is 5.54 Å². The van der Waals surface area contributed by atoms with E-state index in [4.69, 9.17) is 5.73 Å². The summed E-state index contributed by atoms with van der Waals surface area (Å²) in [6.07, 6.45) is 5.70. The summed E-state index contributed by atoms with van der Waals surface area (Å²) in [7, 11) is 0. The zero-order valence-electron chi connectivity index (χ0n) is 8.67. The molecule has 1 saturated carbocycles. The molecule has 1 fully saturated rings. The van der Waals surface area contributed by atoms with Crippen LogP contribution in [0.4, 0.5) is 0 Å². The van der Waals surface area contributed by atoms with Crippen molar-refractivity contribution in [3.05, 3.63) is 28.2 Å². The van der Waals surface area contributed by atoms with Gasteiger partial charge in [0.1, 0.15) is 5.75 Å². The summed E-state index contributed by atoms with van der Waals surface area (Å²) in [5.74, 6) is 0.280. The minimum absolute atomic E-state index is 0.226. The molecule has 0 amide bonds. The predicted molar refractivity (Wildman–Crippen MR) is 64.8 cm³/mol. The lowest BCUT2D eigenvalue weighted by atomic mass is 9.77. The predicted octanol–water partition coefficient (Wildman–Crippen LogP) is 3.27. The number of hydrogen-bond acceptors (Lipinski definition) is 2. The Kier molecular flexibility index (Phi) is 3.03. The first-order valence-electron chi connectivity index (χ1n) is 5.40. The molecule has 15 heavy (non-hydrogen) atoms. The molecule has 0 aliphatic heterocycles. The zero-order chi connectivity index (χ0) is 10.9. The van der Waals surface area contributed by atoms with E-state index >= 15 is 0 Å². The fraction of sp³-hybridized carbons (Fsp3) is 0.500. The van der Waals surface area contributed by atoms with Crippen molar-refractivity contribution in [1.29, 1.82) is 0 Å². The van der Waals surface area contributed by atoms with E-state index in [2.05, 4.69) is 15.9 Å². The van der Waals surface area contributed by atoms with Gasteiger partial charge in [-0.05, 0) is 46.5 Å². The standard InChI is InChI=1S/C12H16BrNO/c13-10-5-4-9(8-11(10)15)12(14)6-2-1-3-7-12/h4-5,8,15H,1-3,6-7,14H2. The lowest BCUT2D eigenvalue weighted by Gasteiger charge is -2.34. The highest BCUT2D eigenvalue weighted by molar-refractivity contribution is 9.10. The SMILES string of the molecule is NC1(c2ccc(Br)c(O)c2)CCCCC1. The molecule has 0 bridgehead atoms. The van der Waals surface area contributed by atoms with Crippen LogP contribution in [0.25, 0.3) is 0 Å². The highest BCUT2D eigenvalue weighted by atomic mass is 79.9. The van der Waals surface area contributed by atoms with Crippen LogP contribution in [0.3, 0.4) is 0 Å². The Balaban J connectivity index is 2.31. The van der Waals surface area contributed by atoms with Gasteiger partial charge in [0.25, 0.3) is 0 Å². The van der Waals surface area contributed by atoms with E-state index < -0.39 is 0 Å². The fourth-order valence-corrected chi connectivity index (χ4v) is 2.54. The van der Waals surface area contributed by atoms with E-state index in [0.717, 1.165) is 22.9 Å². The number of aromatic hydroxyl groups is 1. The van der Waals surface area contributed by atoms with Crippen molar-refractivity contribution in [3.63, 3.8) is 0 Å². The molecular formula is C12H16BrNO. The van der Waals surface area contributed by atoms with Crippen LogP contribution in [0.2, 0.25) is 0 Å². The van der Waals surface area contributed by atoms with Crippen LogP contribution >= 0.6 is 15.9 Å². The van der Waals surface area contributed by atoms with Crippen molar-refractivity contribution in [2.45, 2.75) is 37.6 Å². The van der Waals surface area contributed by atoms with Gasteiger partial charge in [-0.3, -0.25) is 0 Å². The Morgan fingerprint density at radius 2 is 1.87 bits per heavy atom. The van der Waals surface area contributed by atoms with Gasteiger partial charge in [0.15, 0.2) is 0 Å². The van der Waals surface area contributed by atoms with Crippen molar-refractivity contribution in [3.8, 4) is 5.75 Å². The van der Waals surface area contributed by atoms with E-state index in [1.165, 1.54) is 19.3 Å². The topological polar surface area (TPSA) is 46.2 Å². The van der Waals surface area contributed by atoms with Gasteiger partial charge in [-0.2, -0.15) is 0 Å². The monoisotopic (exact) mass is 269 g/mol. The van der Waals surface area contributed by atoms with E-state index in [1.807, 2.05) is 12.1 Å². The number of rotatable bonds is 1. The number of hydrogen-bond donors (Lipinski definition) is 2. The average Bonchev–Trinajstić information content (AvgIpc) is 2.23. The van der Waals surface area contributed by atoms with Gasteiger partial charge in [0, 0.05) is 5.54 Å². The first-order chi connectivity index (χ1) is 7.12. The molecule has 0 aromatic heterocycles. The Morgan fingerprint density at radius 1 is 1.20 bits per heavy atom. The molecule has 3 heteroatoms. The van der Waals surface area contributed by atoms with Crippen LogP contribution in [0.1, 0.15) is 37.7 Å². The van der Waals surface area contributed by atoms with E-state index in [0.29, 0.717) is 0 Å². The molecule has 0 atom stereocenters. The molecule has 2 nitrogen and oxygen atoms in total. The number of phenols is 1. The highest BCUT2D eigenvalue weighted by Gasteiger charge is 2.29. The normalized spacial score (nSPS) is 20.1. The minimum Gasteiger partial charge on any atom is -0.507 e. The van der Waals surface area contributed by atoms with E-state index in [9.17, 15) is 5.11 Å². The lowest BCUT2D eigenvalue weighted by molar-refractivity contribution is 0.301. The van der Waals surface area contributed by atoms with Gasteiger partial charge < -0.3 is 10.8 Å². The minimum atomic E-state index is -0.226. The lowest BCUT2D eigenvalue weighted by Crippen LogP contribution is -2.38. The maximum Gasteiger partial charge on any atom is 0.130 e. The summed E-state index contributed by atoms with van der Waals surface area (Å²) in [6.45, 7) is 0. The Bertz CT molecular complexity index is 359. The first-order valence-corrected chi connectivity index (χ1v) is 6.19. The van der Waals surface area contributed by atoms with Gasteiger partial charge in [0.2, 0.25) is 0 Å². The smallest absolute Gasteiger partial charge is 0.130 e. The van der Waals surface area contributed by atoms with Crippen molar-refractivity contribution in [2.24, 2.45) is 5.73 Å². The molecule has 0 unspecified atom stereocenters. The molecule has 0 saturated heterocycles. The molecule has 0 radical (unpaired) electrons. The van der Waals surface area contributed by atoms with E-state index in [1.54, 1.807) is 6.07 Å². The van der Waals surface area contributed by atoms with Crippen LogP contribution < -0.4 is 5.73 Å². The van der Waals surface area contributed by atoms with Crippen LogP contribution in [0.5, 0.6) is 5.75 Å². The summed E-state index contributed by atoms with van der Waals surface area (Å²) < 4.78 is 0.727.